The molecular weight excluding hydrogens is 389 g/mol. The molecule has 3 aromatic rings. The van der Waals surface area contributed by atoms with Crippen molar-refractivity contribution in [1.29, 1.82) is 0 Å². The Hall–Kier alpha value is -2.90. The Bertz CT molecular complexity index is 1130. The van der Waals surface area contributed by atoms with E-state index in [9.17, 15) is 24.2 Å². The number of aromatic carboxylic acids is 1. The van der Waals surface area contributed by atoms with Crippen molar-refractivity contribution in [2.75, 3.05) is 13.7 Å². The zero-order chi connectivity index (χ0) is 20.4. The third-order valence-electron chi connectivity index (χ3n) is 4.41. The van der Waals surface area contributed by atoms with Gasteiger partial charge in [-0.2, -0.15) is 0 Å². The third-order valence-corrected chi connectivity index (χ3v) is 4.71. The standard InChI is InChI=1S/C20H17ClFNO5/c1-28-16-9-11(7-12-3-2-4-15(21)17(12)22)8-13-18(16)23(5-6-24)10-14(19(13)25)20(26)27/h2-4,8-10,24H,5-7H2,1H3,(H,26,27). The molecule has 28 heavy (non-hydrogen) atoms. The van der Waals surface area contributed by atoms with Crippen LogP contribution < -0.4 is 10.2 Å². The Morgan fingerprint density at radius 3 is 2.71 bits per heavy atom. The second-order valence-corrected chi connectivity index (χ2v) is 6.59. The molecule has 0 aliphatic rings. The number of nitrogens with zero attached hydrogens (tertiary/aromatic N) is 1. The van der Waals surface area contributed by atoms with E-state index in [1.165, 1.54) is 30.0 Å². The summed E-state index contributed by atoms with van der Waals surface area (Å²) in [6.07, 6.45) is 1.32. The van der Waals surface area contributed by atoms with Gasteiger partial charge in [0.1, 0.15) is 17.1 Å². The molecular formula is C20H17ClFNO5. The van der Waals surface area contributed by atoms with Crippen LogP contribution in [0.2, 0.25) is 5.02 Å². The van der Waals surface area contributed by atoms with Crippen LogP contribution in [0.15, 0.2) is 41.3 Å². The fourth-order valence-corrected chi connectivity index (χ4v) is 3.35. The molecule has 146 valence electrons. The van der Waals surface area contributed by atoms with Gasteiger partial charge in [-0.25, -0.2) is 9.18 Å². The highest BCUT2D eigenvalue weighted by Gasteiger charge is 2.19. The molecule has 2 N–H and O–H groups in total. The smallest absolute Gasteiger partial charge is 0.341 e. The number of rotatable bonds is 6. The van der Waals surface area contributed by atoms with Crippen LogP contribution in [0, 0.1) is 5.82 Å². The summed E-state index contributed by atoms with van der Waals surface area (Å²) in [7, 11) is 1.41. The number of fused-ring (bicyclic) bond motifs is 1. The molecule has 0 amide bonds. The van der Waals surface area contributed by atoms with E-state index >= 15 is 0 Å². The molecule has 2 aromatic carbocycles. The Kier molecular flexibility index (Phi) is 5.67. The van der Waals surface area contributed by atoms with E-state index in [-0.39, 0.29) is 30.0 Å². The van der Waals surface area contributed by atoms with Crippen LogP contribution in [0.1, 0.15) is 21.5 Å². The lowest BCUT2D eigenvalue weighted by Gasteiger charge is -2.16. The second kappa shape index (κ2) is 8.00. The van der Waals surface area contributed by atoms with Gasteiger partial charge in [0.05, 0.1) is 29.6 Å². The van der Waals surface area contributed by atoms with Crippen LogP contribution in [0.3, 0.4) is 0 Å². The molecule has 8 heteroatoms. The fraction of sp³-hybridized carbons (Fsp3) is 0.200. The Morgan fingerprint density at radius 2 is 2.07 bits per heavy atom. The molecule has 0 fully saturated rings. The predicted octanol–water partition coefficient (Wildman–Crippen LogP) is 3.08. The van der Waals surface area contributed by atoms with Crippen molar-refractivity contribution in [2.45, 2.75) is 13.0 Å². The number of aromatic nitrogens is 1. The van der Waals surface area contributed by atoms with Gasteiger partial charge in [0.15, 0.2) is 0 Å². The number of halogens is 2. The highest BCUT2D eigenvalue weighted by molar-refractivity contribution is 6.30. The summed E-state index contributed by atoms with van der Waals surface area (Å²) < 4.78 is 21.1. The molecule has 0 saturated carbocycles. The number of carboxylic acid groups (broad SMARTS) is 1. The molecule has 3 rings (SSSR count). The summed E-state index contributed by atoms with van der Waals surface area (Å²) >= 11 is 5.83. The lowest BCUT2D eigenvalue weighted by Crippen LogP contribution is -2.20. The zero-order valence-electron chi connectivity index (χ0n) is 14.9. The van der Waals surface area contributed by atoms with E-state index in [1.807, 2.05) is 0 Å². The van der Waals surface area contributed by atoms with E-state index < -0.39 is 22.8 Å². The van der Waals surface area contributed by atoms with Crippen molar-refractivity contribution in [3.05, 3.63) is 74.3 Å². The highest BCUT2D eigenvalue weighted by atomic mass is 35.5. The number of pyridine rings is 1. The fourth-order valence-electron chi connectivity index (χ4n) is 3.16. The molecule has 0 unspecified atom stereocenters. The van der Waals surface area contributed by atoms with Gasteiger partial charge in [0.25, 0.3) is 0 Å². The number of aliphatic hydroxyl groups excluding tert-OH is 1. The van der Waals surface area contributed by atoms with Crippen LogP contribution >= 0.6 is 11.6 Å². The molecule has 1 heterocycles. The second-order valence-electron chi connectivity index (χ2n) is 6.18. The van der Waals surface area contributed by atoms with Crippen LogP contribution in [0.4, 0.5) is 4.39 Å². The van der Waals surface area contributed by atoms with E-state index in [0.29, 0.717) is 22.4 Å². The largest absolute Gasteiger partial charge is 0.495 e. The highest BCUT2D eigenvalue weighted by Crippen LogP contribution is 2.29. The summed E-state index contributed by atoms with van der Waals surface area (Å²) in [5.74, 6) is -1.61. The minimum absolute atomic E-state index is 0.0104. The average molecular weight is 406 g/mol. The van der Waals surface area contributed by atoms with E-state index in [0.717, 1.165) is 0 Å². The van der Waals surface area contributed by atoms with Crippen molar-refractivity contribution < 1.29 is 24.1 Å². The number of aliphatic hydroxyl groups is 1. The maximum atomic E-state index is 14.3. The Labute approximate surface area is 164 Å². The Balaban J connectivity index is 2.27. The van der Waals surface area contributed by atoms with E-state index in [1.54, 1.807) is 18.2 Å². The third kappa shape index (κ3) is 3.58. The van der Waals surface area contributed by atoms with E-state index in [2.05, 4.69) is 0 Å². The summed E-state index contributed by atoms with van der Waals surface area (Å²) in [6, 6.07) is 7.80. The van der Waals surface area contributed by atoms with Crippen molar-refractivity contribution in [3.63, 3.8) is 0 Å². The number of carbonyl (C=O) groups is 1. The maximum absolute atomic E-state index is 14.3. The molecule has 0 aliphatic heterocycles. The normalized spacial score (nSPS) is 11.0. The van der Waals surface area contributed by atoms with Crippen molar-refractivity contribution in [1.82, 2.24) is 4.57 Å². The monoisotopic (exact) mass is 405 g/mol. The Morgan fingerprint density at radius 1 is 1.32 bits per heavy atom. The minimum Gasteiger partial charge on any atom is -0.495 e. The predicted molar refractivity (Wildman–Crippen MR) is 103 cm³/mol. The molecule has 6 nitrogen and oxygen atoms in total. The van der Waals surface area contributed by atoms with Crippen molar-refractivity contribution in [2.24, 2.45) is 0 Å². The first-order valence-corrected chi connectivity index (χ1v) is 8.76. The molecule has 0 atom stereocenters. The molecule has 0 bridgehead atoms. The molecule has 0 saturated heterocycles. The van der Waals surface area contributed by atoms with Crippen LogP contribution in [-0.4, -0.2) is 34.5 Å². The summed E-state index contributed by atoms with van der Waals surface area (Å²) in [5.41, 5.74) is 0.152. The number of methoxy groups -OCH3 is 1. The molecule has 0 spiro atoms. The van der Waals surface area contributed by atoms with Gasteiger partial charge in [0.2, 0.25) is 5.43 Å². The van der Waals surface area contributed by atoms with Crippen LogP contribution in [0.25, 0.3) is 10.9 Å². The van der Waals surface area contributed by atoms with Gasteiger partial charge in [0, 0.05) is 19.2 Å². The minimum atomic E-state index is -1.37. The summed E-state index contributed by atoms with van der Waals surface area (Å²) in [6.45, 7) is -0.175. The van der Waals surface area contributed by atoms with Crippen LogP contribution in [-0.2, 0) is 13.0 Å². The first-order chi connectivity index (χ1) is 13.4. The summed E-state index contributed by atoms with van der Waals surface area (Å²) in [4.78, 5) is 24.2. The maximum Gasteiger partial charge on any atom is 0.341 e. The van der Waals surface area contributed by atoms with Crippen molar-refractivity contribution >= 4 is 28.5 Å². The van der Waals surface area contributed by atoms with Gasteiger partial charge < -0.3 is 19.5 Å². The first kappa shape index (κ1) is 19.9. The lowest BCUT2D eigenvalue weighted by molar-refractivity contribution is 0.0694. The van der Waals surface area contributed by atoms with Gasteiger partial charge in [-0.05, 0) is 29.3 Å². The molecule has 0 radical (unpaired) electrons. The quantitative estimate of drug-likeness (QED) is 0.658. The lowest BCUT2D eigenvalue weighted by atomic mass is 10.0. The number of benzene rings is 2. The first-order valence-electron chi connectivity index (χ1n) is 8.38. The van der Waals surface area contributed by atoms with Gasteiger partial charge >= 0.3 is 5.97 Å². The van der Waals surface area contributed by atoms with E-state index in [4.69, 9.17) is 16.3 Å². The van der Waals surface area contributed by atoms with Gasteiger partial charge in [-0.15, -0.1) is 0 Å². The zero-order valence-corrected chi connectivity index (χ0v) is 15.7. The number of ether oxygens (including phenoxy) is 1. The average Bonchev–Trinajstić information content (AvgIpc) is 2.67. The van der Waals surface area contributed by atoms with Crippen molar-refractivity contribution in [3.8, 4) is 5.75 Å². The van der Waals surface area contributed by atoms with Gasteiger partial charge in [-0.3, -0.25) is 4.79 Å². The number of hydrogen-bond donors (Lipinski definition) is 2. The SMILES string of the molecule is COc1cc(Cc2cccc(Cl)c2F)cc2c(=O)c(C(=O)O)cn(CCO)c12. The topological polar surface area (TPSA) is 88.8 Å². The number of hydrogen-bond acceptors (Lipinski definition) is 4. The molecule has 1 aromatic heterocycles. The van der Waals surface area contributed by atoms with Crippen LogP contribution in [0.5, 0.6) is 5.75 Å². The summed E-state index contributed by atoms with van der Waals surface area (Å²) in [5, 5.41) is 18.8. The molecule has 0 aliphatic carbocycles. The van der Waals surface area contributed by atoms with Gasteiger partial charge in [-0.1, -0.05) is 23.7 Å². The number of carboxylic acids is 1.